The minimum Gasteiger partial charge on any atom is -1.00 e. The Bertz CT molecular complexity index is 1750. The Morgan fingerprint density at radius 1 is 0.736 bits per heavy atom. The molecule has 6 rings (SSSR count). The number of halogens is 4. The van der Waals surface area contributed by atoms with Gasteiger partial charge in [-0.15, -0.1) is 0 Å². The van der Waals surface area contributed by atoms with Gasteiger partial charge in [-0.3, -0.25) is 39.4 Å². The monoisotopic (exact) mass is 1060 g/mol. The predicted octanol–water partition coefficient (Wildman–Crippen LogP) is 0.0232. The van der Waals surface area contributed by atoms with E-state index in [4.69, 9.17) is 62.2 Å². The van der Waals surface area contributed by atoms with Gasteiger partial charge in [-0.1, -0.05) is 46.4 Å². The molecule has 3 amide bonds. The van der Waals surface area contributed by atoms with E-state index in [1.807, 2.05) is 0 Å². The van der Waals surface area contributed by atoms with E-state index in [9.17, 15) is 34.6 Å². The molecule has 0 radical (unpaired) electrons. The zero-order valence-electron chi connectivity index (χ0n) is 29.6. The number of nitrogens with one attached hydrogen (secondary N) is 1. The number of benzene rings is 3. The molecule has 3 heterocycles. The predicted molar refractivity (Wildman–Crippen MR) is 193 cm³/mol. The molecular weight excluding hydrogens is 1020 g/mol. The summed E-state index contributed by atoms with van der Waals surface area (Å²) in [5.41, 5.74) is 7.38. The van der Waals surface area contributed by atoms with E-state index in [1.165, 1.54) is 36.4 Å². The molecule has 16 nitrogen and oxygen atoms in total. The molecule has 22 heteroatoms. The molecule has 0 saturated carbocycles. The van der Waals surface area contributed by atoms with E-state index in [1.54, 1.807) is 28.0 Å². The maximum atomic E-state index is 11.5. The summed E-state index contributed by atoms with van der Waals surface area (Å²) in [5.74, 6) is 0.349. The number of carbonyl (C=O) groups is 4. The molecule has 278 valence electrons. The molecule has 3 saturated heterocycles. The molecule has 0 unspecified atom stereocenters. The van der Waals surface area contributed by atoms with Crippen molar-refractivity contribution in [2.75, 3.05) is 35.2 Å². The number of hydrogen-bond donors (Lipinski definition) is 2. The maximum Gasteiger partial charge on any atom is 1.00 e. The van der Waals surface area contributed by atoms with E-state index in [2.05, 4.69) is 10.2 Å². The molecule has 3 aromatic rings. The zero-order chi connectivity index (χ0) is 38.1. The number of nitro benzene ring substituents is 2. The number of nitrogen functional groups attached to an aromatic ring is 1. The summed E-state index contributed by atoms with van der Waals surface area (Å²) in [5, 5.41) is 33.1. The van der Waals surface area contributed by atoms with Crippen molar-refractivity contribution in [1.29, 1.82) is 0 Å². The fourth-order valence-electron chi connectivity index (χ4n) is 4.54. The number of nitro groups is 2. The first-order valence-corrected chi connectivity index (χ1v) is 16.4. The van der Waals surface area contributed by atoms with Crippen LogP contribution in [-0.2, 0) is 24.1 Å². The molecule has 0 bridgehead atoms. The van der Waals surface area contributed by atoms with Crippen LogP contribution in [0.4, 0.5) is 28.4 Å². The smallest absolute Gasteiger partial charge is 1.00 e. The third-order valence-electron chi connectivity index (χ3n) is 6.90. The van der Waals surface area contributed by atoms with Crippen molar-refractivity contribution >= 4 is 99.0 Å². The minimum atomic E-state index is -0.526. The molecule has 53 heavy (non-hydrogen) atoms. The quantitative estimate of drug-likeness (QED) is 0.114. The average Bonchev–Trinajstić information content (AvgIpc) is 3.86. The number of nitrogens with zero attached hydrogens (tertiary/aromatic N) is 4. The van der Waals surface area contributed by atoms with E-state index < -0.39 is 9.85 Å². The Hall–Kier alpha value is -0.636. The largest absolute Gasteiger partial charge is 1.00 e. The van der Waals surface area contributed by atoms with Gasteiger partial charge < -0.3 is 32.4 Å². The van der Waals surface area contributed by atoms with Gasteiger partial charge in [0, 0.05) is 70.3 Å². The number of hydrogen-bond acceptors (Lipinski definition) is 11. The Labute approximate surface area is 444 Å². The molecule has 0 aromatic heterocycles. The van der Waals surface area contributed by atoms with Gasteiger partial charge in [-0.05, 0) is 49.6 Å². The van der Waals surface area contributed by atoms with Crippen molar-refractivity contribution in [3.8, 4) is 0 Å². The SMILES string of the molecule is Nc1ccc(N2CCCC2=O)c(Cl)c1.O=C1CCCN1.O=C1CCCN1c1ccc([N+](=O)[O-])cc1Cl.O=CO[O-].O=[N+]([O-])c1ccc(Cl)c(Cl)c1.[Cs+].[Cs+].[H-].[HH]. The van der Waals surface area contributed by atoms with Gasteiger partial charge in [0.2, 0.25) is 17.7 Å². The molecule has 3 aliphatic heterocycles. The number of carbonyl (C=O) groups excluding carboxylic acids is 4. The van der Waals surface area contributed by atoms with Crippen LogP contribution < -0.4 is 164 Å². The van der Waals surface area contributed by atoms with Gasteiger partial charge in [0.15, 0.2) is 0 Å². The summed E-state index contributed by atoms with van der Waals surface area (Å²) in [6.45, 7) is 2.08. The Balaban J connectivity index is -0.000000641. The summed E-state index contributed by atoms with van der Waals surface area (Å²) in [4.78, 5) is 67.2. The molecule has 3 N–H and O–H groups in total. The molecule has 3 fully saturated rings. The Morgan fingerprint density at radius 2 is 1.19 bits per heavy atom. The maximum absolute atomic E-state index is 11.5. The average molecular weight is 1060 g/mol. The van der Waals surface area contributed by atoms with Crippen molar-refractivity contribution in [3.05, 3.63) is 94.9 Å². The molecule has 0 spiro atoms. The molecule has 3 aromatic carbocycles. The summed E-state index contributed by atoms with van der Waals surface area (Å²) in [7, 11) is 0. The number of non-ortho nitro benzene ring substituents is 2. The normalized spacial score (nSPS) is 13.8. The fourth-order valence-corrected chi connectivity index (χ4v) is 5.40. The standard InChI is InChI=1S/C10H9ClN2O3.C10H11ClN2O.C6H3Cl2NO2.C4H7NO.CH2O3.2Cs.H2.H/c11-8-6-7(13(15)16)3-4-9(8)12-5-1-2-10(12)14;11-8-6-7(12)3-4-9(8)13-5-1-2-10(13)14;7-5-2-1-4(9(10)11)3-6(5)8;6-4-2-1-3-5-4;2-1-4-3;;;;/h3-4,6H,1-2,5H2;3-4,6H,1-2,5,12H2;1-3H;1-3H2,(H,5,6);1,3H;;;1H;/q;;;;;2*+1;;-1/p-1. The van der Waals surface area contributed by atoms with Gasteiger partial charge in [-0.25, -0.2) is 0 Å². The number of rotatable bonds is 5. The van der Waals surface area contributed by atoms with Crippen LogP contribution in [0.15, 0.2) is 54.6 Å². The van der Waals surface area contributed by atoms with Crippen molar-refractivity contribution in [3.63, 3.8) is 0 Å². The molecule has 0 aliphatic carbocycles. The van der Waals surface area contributed by atoms with Crippen LogP contribution >= 0.6 is 46.4 Å². The minimum absolute atomic E-state index is 0. The van der Waals surface area contributed by atoms with Crippen LogP contribution in [0.5, 0.6) is 0 Å². The van der Waals surface area contributed by atoms with Crippen LogP contribution in [0.1, 0.15) is 41.4 Å². The summed E-state index contributed by atoms with van der Waals surface area (Å²) >= 11 is 23.0. The summed E-state index contributed by atoms with van der Waals surface area (Å²) < 4.78 is 0. The second-order valence-electron chi connectivity index (χ2n) is 10.4. The van der Waals surface area contributed by atoms with Crippen LogP contribution in [-0.4, -0.2) is 53.7 Å². The summed E-state index contributed by atoms with van der Waals surface area (Å²) in [6.07, 6.45) is 4.58. The Morgan fingerprint density at radius 3 is 1.51 bits per heavy atom. The topological polar surface area (TPSA) is 231 Å². The van der Waals surface area contributed by atoms with Crippen molar-refractivity contribution < 1.29 is 180 Å². The van der Waals surface area contributed by atoms with Crippen LogP contribution in [0.25, 0.3) is 0 Å². The van der Waals surface area contributed by atoms with Crippen molar-refractivity contribution in [2.45, 2.75) is 38.5 Å². The van der Waals surface area contributed by atoms with Crippen LogP contribution in [0.3, 0.4) is 0 Å². The first-order valence-electron chi connectivity index (χ1n) is 14.9. The molecule has 3 aliphatic rings. The van der Waals surface area contributed by atoms with Gasteiger partial charge in [-0.2, -0.15) is 0 Å². The number of amides is 3. The van der Waals surface area contributed by atoms with Crippen molar-refractivity contribution in [1.82, 2.24) is 5.32 Å². The zero-order valence-corrected chi connectivity index (χ0v) is 44.2. The Kier molecular flexibility index (Phi) is 27.5. The van der Waals surface area contributed by atoms with E-state index in [-0.39, 0.29) is 186 Å². The first kappa shape index (κ1) is 52.4. The van der Waals surface area contributed by atoms with Gasteiger partial charge in [0.05, 0.1) is 41.3 Å². The van der Waals surface area contributed by atoms with Gasteiger partial charge >= 0.3 is 138 Å². The van der Waals surface area contributed by atoms with Gasteiger partial charge in [0.1, 0.15) is 0 Å². The van der Waals surface area contributed by atoms with Crippen molar-refractivity contribution in [2.24, 2.45) is 0 Å². The van der Waals surface area contributed by atoms with Crippen LogP contribution in [0, 0.1) is 20.2 Å². The third kappa shape index (κ3) is 18.5. The third-order valence-corrected chi connectivity index (χ3v) is 8.24. The van der Waals surface area contributed by atoms with Gasteiger partial charge in [0.25, 0.3) is 17.8 Å². The van der Waals surface area contributed by atoms with E-state index in [0.29, 0.717) is 40.8 Å². The summed E-state index contributed by atoms with van der Waals surface area (Å²) in [6, 6.07) is 13.3. The second kappa shape index (κ2) is 27.9. The molecule has 0 atom stereocenters. The molecular formula is C31H34Cl4Cs2N6O10. The number of nitrogens with two attached hydrogens (primary N) is 1. The van der Waals surface area contributed by atoms with E-state index in [0.717, 1.165) is 44.5 Å². The van der Waals surface area contributed by atoms with Crippen LogP contribution in [0.2, 0.25) is 20.1 Å². The number of anilines is 3. The second-order valence-corrected chi connectivity index (χ2v) is 12.0. The fraction of sp³-hybridized carbons (Fsp3) is 0.290. The van der Waals surface area contributed by atoms with E-state index >= 15 is 0 Å². The first-order chi connectivity index (χ1) is 24.2.